The maximum atomic E-state index is 11.9. The van der Waals surface area contributed by atoms with Crippen LogP contribution in [0.1, 0.15) is 39.5 Å². The largest absolute Gasteiger partial charge is 0.463 e. The van der Waals surface area contributed by atoms with E-state index in [0.717, 1.165) is 31.3 Å². The van der Waals surface area contributed by atoms with Gasteiger partial charge in [-0.25, -0.2) is 9.59 Å². The lowest BCUT2D eigenvalue weighted by Crippen LogP contribution is -2.45. The molecule has 0 aliphatic carbocycles. The molecule has 2 aliphatic heterocycles. The molecular weight excluding hydrogens is 246 g/mol. The van der Waals surface area contributed by atoms with E-state index in [1.165, 1.54) is 0 Å². The number of ether oxygens (including phenoxy) is 2. The standard InChI is InChI=1S/C14H21NO4/c1-3-18-13(16)9-10-7-11-5-6-12(8-10)15(11)14(17)19-4-2/h9,11-12H,3-8H2,1-2H3/t11-,12-/m1/s1. The van der Waals surface area contributed by atoms with Crippen LogP contribution in [0.25, 0.3) is 0 Å². The summed E-state index contributed by atoms with van der Waals surface area (Å²) in [6.07, 6.45) is 4.87. The third kappa shape index (κ3) is 3.08. The molecule has 1 amide bonds. The number of hydrogen-bond donors (Lipinski definition) is 0. The zero-order valence-corrected chi connectivity index (χ0v) is 11.6. The Morgan fingerprint density at radius 2 is 1.74 bits per heavy atom. The molecule has 2 saturated heterocycles. The SMILES string of the molecule is CCOC(=O)C=C1C[C@H]2CC[C@H](C1)N2C(=O)OCC. The van der Waals surface area contributed by atoms with Gasteiger partial charge in [-0.2, -0.15) is 0 Å². The van der Waals surface area contributed by atoms with Crippen molar-refractivity contribution in [3.63, 3.8) is 0 Å². The van der Waals surface area contributed by atoms with Gasteiger partial charge in [-0.05, 0) is 39.5 Å². The zero-order chi connectivity index (χ0) is 13.8. The Kier molecular flexibility index (Phi) is 4.45. The van der Waals surface area contributed by atoms with Crippen LogP contribution in [0.5, 0.6) is 0 Å². The van der Waals surface area contributed by atoms with E-state index in [1.54, 1.807) is 13.0 Å². The van der Waals surface area contributed by atoms with Gasteiger partial charge in [0.25, 0.3) is 0 Å². The fourth-order valence-electron chi connectivity index (χ4n) is 3.02. The van der Waals surface area contributed by atoms with Gasteiger partial charge in [0.05, 0.1) is 13.2 Å². The number of piperidine rings is 1. The summed E-state index contributed by atoms with van der Waals surface area (Å²) in [5, 5.41) is 0. The molecule has 2 aliphatic rings. The van der Waals surface area contributed by atoms with E-state index in [4.69, 9.17) is 9.47 Å². The fraction of sp³-hybridized carbons (Fsp3) is 0.714. The van der Waals surface area contributed by atoms with Crippen molar-refractivity contribution in [3.8, 4) is 0 Å². The Morgan fingerprint density at radius 3 is 2.26 bits per heavy atom. The van der Waals surface area contributed by atoms with Crippen molar-refractivity contribution in [2.45, 2.75) is 51.6 Å². The first-order valence-electron chi connectivity index (χ1n) is 6.97. The summed E-state index contributed by atoms with van der Waals surface area (Å²) in [6.45, 7) is 4.41. The van der Waals surface area contributed by atoms with Gasteiger partial charge in [0, 0.05) is 18.2 Å². The minimum absolute atomic E-state index is 0.179. The first-order chi connectivity index (χ1) is 9.15. The summed E-state index contributed by atoms with van der Waals surface area (Å²) in [7, 11) is 0. The summed E-state index contributed by atoms with van der Waals surface area (Å²) in [5.74, 6) is -0.276. The molecule has 106 valence electrons. The van der Waals surface area contributed by atoms with Crippen molar-refractivity contribution in [1.29, 1.82) is 0 Å². The van der Waals surface area contributed by atoms with Crippen LogP contribution in [0.3, 0.4) is 0 Å². The van der Waals surface area contributed by atoms with Crippen LogP contribution >= 0.6 is 0 Å². The van der Waals surface area contributed by atoms with Gasteiger partial charge in [0.1, 0.15) is 0 Å². The average molecular weight is 267 g/mol. The molecule has 5 heteroatoms. The number of carbonyl (C=O) groups excluding carboxylic acids is 2. The Morgan fingerprint density at radius 1 is 1.16 bits per heavy atom. The lowest BCUT2D eigenvalue weighted by Gasteiger charge is -2.35. The maximum Gasteiger partial charge on any atom is 0.410 e. The highest BCUT2D eigenvalue weighted by molar-refractivity contribution is 5.83. The molecular formula is C14H21NO4. The molecule has 2 heterocycles. The zero-order valence-electron chi connectivity index (χ0n) is 11.6. The smallest absolute Gasteiger partial charge is 0.410 e. The van der Waals surface area contributed by atoms with Crippen molar-refractivity contribution in [1.82, 2.24) is 4.90 Å². The monoisotopic (exact) mass is 267 g/mol. The van der Waals surface area contributed by atoms with Gasteiger partial charge in [-0.1, -0.05) is 5.57 Å². The quantitative estimate of drug-likeness (QED) is 0.581. The fourth-order valence-corrected chi connectivity index (χ4v) is 3.02. The molecule has 2 rings (SSSR count). The molecule has 2 atom stereocenters. The Labute approximate surface area is 113 Å². The number of fused-ring (bicyclic) bond motifs is 2. The molecule has 0 unspecified atom stereocenters. The van der Waals surface area contributed by atoms with Crippen LogP contribution in [0.15, 0.2) is 11.6 Å². The van der Waals surface area contributed by atoms with Gasteiger partial charge >= 0.3 is 12.1 Å². The van der Waals surface area contributed by atoms with Crippen LogP contribution < -0.4 is 0 Å². The van der Waals surface area contributed by atoms with Crippen molar-refractivity contribution in [3.05, 3.63) is 11.6 Å². The Balaban J connectivity index is 2.01. The third-order valence-corrected chi connectivity index (χ3v) is 3.70. The van der Waals surface area contributed by atoms with Crippen LogP contribution in [0.2, 0.25) is 0 Å². The Hall–Kier alpha value is -1.52. The first kappa shape index (κ1) is 13.9. The van der Waals surface area contributed by atoms with Crippen molar-refractivity contribution in [2.75, 3.05) is 13.2 Å². The number of rotatable bonds is 3. The van der Waals surface area contributed by atoms with Crippen molar-refractivity contribution >= 4 is 12.1 Å². The van der Waals surface area contributed by atoms with Gasteiger partial charge in [-0.15, -0.1) is 0 Å². The molecule has 2 bridgehead atoms. The molecule has 0 radical (unpaired) electrons. The number of nitrogens with zero attached hydrogens (tertiary/aromatic N) is 1. The van der Waals surface area contributed by atoms with Gasteiger partial charge < -0.3 is 14.4 Å². The minimum atomic E-state index is -0.276. The molecule has 0 saturated carbocycles. The van der Waals surface area contributed by atoms with E-state index >= 15 is 0 Å². The third-order valence-electron chi connectivity index (χ3n) is 3.70. The normalized spacial score (nSPS) is 25.2. The topological polar surface area (TPSA) is 55.8 Å². The van der Waals surface area contributed by atoms with Gasteiger partial charge in [0.2, 0.25) is 0 Å². The predicted octanol–water partition coefficient (Wildman–Crippen LogP) is 2.26. The summed E-state index contributed by atoms with van der Waals surface area (Å²) in [5.41, 5.74) is 1.09. The van der Waals surface area contributed by atoms with E-state index < -0.39 is 0 Å². The predicted molar refractivity (Wildman–Crippen MR) is 69.6 cm³/mol. The summed E-state index contributed by atoms with van der Waals surface area (Å²) >= 11 is 0. The molecule has 5 nitrogen and oxygen atoms in total. The van der Waals surface area contributed by atoms with Crippen molar-refractivity contribution < 1.29 is 19.1 Å². The van der Waals surface area contributed by atoms with E-state index in [2.05, 4.69) is 0 Å². The second-order valence-electron chi connectivity index (χ2n) is 4.95. The van der Waals surface area contributed by atoms with Gasteiger partial charge in [0.15, 0.2) is 0 Å². The van der Waals surface area contributed by atoms with E-state index in [1.807, 2.05) is 11.8 Å². The van der Waals surface area contributed by atoms with Crippen molar-refractivity contribution in [2.24, 2.45) is 0 Å². The highest BCUT2D eigenvalue weighted by atomic mass is 16.6. The lowest BCUT2D eigenvalue weighted by molar-refractivity contribution is -0.137. The molecule has 0 aromatic rings. The maximum absolute atomic E-state index is 11.9. The van der Waals surface area contributed by atoms with Crippen LogP contribution in [0.4, 0.5) is 4.79 Å². The number of esters is 1. The highest BCUT2D eigenvalue weighted by Gasteiger charge is 2.42. The summed E-state index contributed by atoms with van der Waals surface area (Å²) in [6, 6.07) is 0.358. The summed E-state index contributed by atoms with van der Waals surface area (Å²) in [4.78, 5) is 25.2. The average Bonchev–Trinajstić information content (AvgIpc) is 2.62. The van der Waals surface area contributed by atoms with Crippen LogP contribution in [-0.4, -0.2) is 42.3 Å². The van der Waals surface area contributed by atoms with Gasteiger partial charge in [-0.3, -0.25) is 0 Å². The molecule has 19 heavy (non-hydrogen) atoms. The Bertz CT molecular complexity index is 375. The number of carbonyl (C=O) groups is 2. The minimum Gasteiger partial charge on any atom is -0.463 e. The van der Waals surface area contributed by atoms with E-state index in [9.17, 15) is 9.59 Å². The van der Waals surface area contributed by atoms with Crippen LogP contribution in [-0.2, 0) is 14.3 Å². The molecule has 0 spiro atoms. The highest BCUT2D eigenvalue weighted by Crippen LogP contribution is 2.38. The van der Waals surface area contributed by atoms with E-state index in [-0.39, 0.29) is 24.1 Å². The molecule has 0 aromatic heterocycles. The number of amides is 1. The lowest BCUT2D eigenvalue weighted by atomic mass is 9.97. The number of hydrogen-bond acceptors (Lipinski definition) is 4. The van der Waals surface area contributed by atoms with Crippen LogP contribution in [0, 0.1) is 0 Å². The molecule has 0 N–H and O–H groups in total. The second-order valence-corrected chi connectivity index (χ2v) is 4.95. The molecule has 2 fully saturated rings. The summed E-state index contributed by atoms with van der Waals surface area (Å²) < 4.78 is 10.0. The first-order valence-corrected chi connectivity index (χ1v) is 6.97. The second kappa shape index (κ2) is 6.08. The van der Waals surface area contributed by atoms with E-state index in [0.29, 0.717) is 13.2 Å². The molecule has 0 aromatic carbocycles.